The highest BCUT2D eigenvalue weighted by Gasteiger charge is 2.08. The van der Waals surface area contributed by atoms with Crippen LogP contribution in [0.25, 0.3) is 0 Å². The summed E-state index contributed by atoms with van der Waals surface area (Å²) < 4.78 is 5.93. The van der Waals surface area contributed by atoms with Crippen molar-refractivity contribution in [1.82, 2.24) is 4.98 Å². The van der Waals surface area contributed by atoms with Crippen LogP contribution >= 0.6 is 27.5 Å². The molecule has 0 radical (unpaired) electrons. The Hall–Kier alpha value is -1.77. The van der Waals surface area contributed by atoms with Gasteiger partial charge in [-0.2, -0.15) is 5.26 Å². The second kappa shape index (κ2) is 5.91. The number of rotatable bonds is 3. The zero-order valence-electron chi connectivity index (χ0n) is 9.95. The molecule has 0 bridgehead atoms. The molecular formula is C13H9BrClN3O. The lowest BCUT2D eigenvalue weighted by molar-refractivity contribution is 0.417. The van der Waals surface area contributed by atoms with E-state index < -0.39 is 0 Å². The summed E-state index contributed by atoms with van der Waals surface area (Å²) in [5, 5.41) is 12.5. The van der Waals surface area contributed by atoms with Crippen molar-refractivity contribution >= 4 is 39.0 Å². The van der Waals surface area contributed by atoms with Crippen LogP contribution in [-0.4, -0.2) is 12.1 Å². The summed E-state index contributed by atoms with van der Waals surface area (Å²) >= 11 is 9.32. The SMILES string of the molecule is COc1ccc(Cl)cc1Nc1ncc(C#N)cc1Br. The van der Waals surface area contributed by atoms with Gasteiger partial charge < -0.3 is 10.1 Å². The zero-order chi connectivity index (χ0) is 13.8. The molecule has 1 heterocycles. The maximum Gasteiger partial charge on any atom is 0.144 e. The first-order valence-electron chi connectivity index (χ1n) is 5.30. The summed E-state index contributed by atoms with van der Waals surface area (Å²) in [5.74, 6) is 1.24. The first-order valence-corrected chi connectivity index (χ1v) is 6.47. The minimum Gasteiger partial charge on any atom is -0.495 e. The molecule has 19 heavy (non-hydrogen) atoms. The summed E-state index contributed by atoms with van der Waals surface area (Å²) in [7, 11) is 1.58. The predicted octanol–water partition coefficient (Wildman–Crippen LogP) is 4.12. The van der Waals surface area contributed by atoms with Crippen LogP contribution in [0.5, 0.6) is 5.75 Å². The normalized spacial score (nSPS) is 9.79. The van der Waals surface area contributed by atoms with E-state index in [0.717, 1.165) is 0 Å². The Morgan fingerprint density at radius 1 is 1.42 bits per heavy atom. The van der Waals surface area contributed by atoms with Gasteiger partial charge >= 0.3 is 0 Å². The Morgan fingerprint density at radius 3 is 2.84 bits per heavy atom. The van der Waals surface area contributed by atoms with Crippen molar-refractivity contribution in [3.63, 3.8) is 0 Å². The van der Waals surface area contributed by atoms with E-state index in [1.54, 1.807) is 31.4 Å². The second-order valence-electron chi connectivity index (χ2n) is 3.64. The van der Waals surface area contributed by atoms with Crippen LogP contribution in [-0.2, 0) is 0 Å². The summed E-state index contributed by atoms with van der Waals surface area (Å²) in [5.41, 5.74) is 1.18. The number of benzene rings is 1. The van der Waals surface area contributed by atoms with E-state index in [2.05, 4.69) is 26.2 Å². The molecule has 1 N–H and O–H groups in total. The van der Waals surface area contributed by atoms with Gasteiger partial charge in [-0.1, -0.05) is 11.6 Å². The molecule has 6 heteroatoms. The molecule has 0 unspecified atom stereocenters. The van der Waals surface area contributed by atoms with Gasteiger partial charge in [0.15, 0.2) is 0 Å². The van der Waals surface area contributed by atoms with Crippen LogP contribution in [0.4, 0.5) is 11.5 Å². The monoisotopic (exact) mass is 337 g/mol. The van der Waals surface area contributed by atoms with Gasteiger partial charge in [0.1, 0.15) is 17.6 Å². The Kier molecular flexibility index (Phi) is 4.25. The fraction of sp³-hybridized carbons (Fsp3) is 0.0769. The Bertz CT molecular complexity index is 655. The second-order valence-corrected chi connectivity index (χ2v) is 4.93. The Balaban J connectivity index is 2.36. The highest BCUT2D eigenvalue weighted by atomic mass is 79.9. The van der Waals surface area contributed by atoms with Crippen LogP contribution in [0, 0.1) is 11.3 Å². The molecule has 1 aromatic heterocycles. The molecule has 96 valence electrons. The van der Waals surface area contributed by atoms with Crippen molar-refractivity contribution in [2.75, 3.05) is 12.4 Å². The number of anilines is 2. The number of hydrogen-bond donors (Lipinski definition) is 1. The molecule has 2 aromatic rings. The van der Waals surface area contributed by atoms with E-state index in [1.165, 1.54) is 6.20 Å². The summed E-state index contributed by atoms with van der Waals surface area (Å²) in [6.07, 6.45) is 1.49. The van der Waals surface area contributed by atoms with E-state index >= 15 is 0 Å². The summed E-state index contributed by atoms with van der Waals surface area (Å²) in [6.45, 7) is 0. The van der Waals surface area contributed by atoms with Gasteiger partial charge in [-0.05, 0) is 40.2 Å². The fourth-order valence-corrected chi connectivity index (χ4v) is 2.12. The molecule has 4 nitrogen and oxygen atoms in total. The van der Waals surface area contributed by atoms with Crippen molar-refractivity contribution in [2.45, 2.75) is 0 Å². The number of ether oxygens (including phenoxy) is 1. The fourth-order valence-electron chi connectivity index (χ4n) is 1.50. The molecule has 0 aliphatic rings. The molecule has 0 aliphatic heterocycles. The number of pyridine rings is 1. The Morgan fingerprint density at radius 2 is 2.21 bits per heavy atom. The van der Waals surface area contributed by atoms with E-state index in [9.17, 15) is 0 Å². The van der Waals surface area contributed by atoms with E-state index in [-0.39, 0.29) is 0 Å². The molecule has 0 aliphatic carbocycles. The molecule has 0 atom stereocenters. The van der Waals surface area contributed by atoms with Gasteiger partial charge in [-0.3, -0.25) is 0 Å². The minimum absolute atomic E-state index is 0.482. The average molecular weight is 339 g/mol. The topological polar surface area (TPSA) is 57.9 Å². The molecule has 1 aromatic carbocycles. The highest BCUT2D eigenvalue weighted by molar-refractivity contribution is 9.10. The van der Waals surface area contributed by atoms with Crippen LogP contribution in [0.3, 0.4) is 0 Å². The van der Waals surface area contributed by atoms with Gasteiger partial charge in [0.2, 0.25) is 0 Å². The number of nitrogens with zero attached hydrogens (tertiary/aromatic N) is 2. The lowest BCUT2D eigenvalue weighted by Gasteiger charge is -2.12. The quantitative estimate of drug-likeness (QED) is 0.914. The molecule has 2 rings (SSSR count). The van der Waals surface area contributed by atoms with Crippen molar-refractivity contribution < 1.29 is 4.74 Å². The summed E-state index contributed by atoms with van der Waals surface area (Å²) in [6, 6.07) is 8.96. The van der Waals surface area contributed by atoms with Crippen molar-refractivity contribution in [2.24, 2.45) is 0 Å². The van der Waals surface area contributed by atoms with Crippen LogP contribution < -0.4 is 10.1 Å². The molecule has 0 spiro atoms. The number of hydrogen-bond acceptors (Lipinski definition) is 4. The number of halogens is 2. The van der Waals surface area contributed by atoms with Crippen molar-refractivity contribution in [1.29, 1.82) is 5.26 Å². The van der Waals surface area contributed by atoms with Crippen LogP contribution in [0.2, 0.25) is 5.02 Å². The maximum absolute atomic E-state index is 8.79. The van der Waals surface area contributed by atoms with Crippen molar-refractivity contribution in [3.8, 4) is 11.8 Å². The summed E-state index contributed by atoms with van der Waals surface area (Å²) in [4.78, 5) is 4.17. The molecule has 0 saturated carbocycles. The first-order chi connectivity index (χ1) is 9.13. The maximum atomic E-state index is 8.79. The van der Waals surface area contributed by atoms with E-state index in [1.807, 2.05) is 6.07 Å². The zero-order valence-corrected chi connectivity index (χ0v) is 12.3. The third-order valence-corrected chi connectivity index (χ3v) is 3.22. The molecule has 0 saturated heterocycles. The van der Waals surface area contributed by atoms with E-state index in [0.29, 0.717) is 32.3 Å². The third kappa shape index (κ3) is 3.16. The molecule has 0 amide bonds. The van der Waals surface area contributed by atoms with Gasteiger partial charge in [-0.25, -0.2) is 4.98 Å². The van der Waals surface area contributed by atoms with Crippen LogP contribution in [0.1, 0.15) is 5.56 Å². The number of nitrogens with one attached hydrogen (secondary N) is 1. The van der Waals surface area contributed by atoms with Crippen molar-refractivity contribution in [3.05, 3.63) is 45.5 Å². The first kappa shape index (κ1) is 13.7. The molecular weight excluding hydrogens is 330 g/mol. The minimum atomic E-state index is 0.482. The highest BCUT2D eigenvalue weighted by Crippen LogP contribution is 2.32. The van der Waals surface area contributed by atoms with Gasteiger partial charge in [0, 0.05) is 11.2 Å². The lowest BCUT2D eigenvalue weighted by atomic mass is 10.2. The smallest absolute Gasteiger partial charge is 0.144 e. The predicted molar refractivity (Wildman–Crippen MR) is 77.9 cm³/mol. The van der Waals surface area contributed by atoms with E-state index in [4.69, 9.17) is 21.6 Å². The van der Waals surface area contributed by atoms with Crippen LogP contribution in [0.15, 0.2) is 34.9 Å². The number of nitriles is 1. The largest absolute Gasteiger partial charge is 0.495 e. The average Bonchev–Trinajstić information content (AvgIpc) is 2.41. The standard InChI is InChI=1S/C13H9BrClN3O/c1-19-12-3-2-9(15)5-11(12)18-13-10(14)4-8(6-16)7-17-13/h2-5,7H,1H3,(H,17,18). The number of aromatic nitrogens is 1. The lowest BCUT2D eigenvalue weighted by Crippen LogP contribution is -1.98. The van der Waals surface area contributed by atoms with Gasteiger partial charge in [-0.15, -0.1) is 0 Å². The Labute approximate surface area is 124 Å². The molecule has 0 fully saturated rings. The van der Waals surface area contributed by atoms with Gasteiger partial charge in [0.25, 0.3) is 0 Å². The van der Waals surface area contributed by atoms with Gasteiger partial charge in [0.05, 0.1) is 22.8 Å². The third-order valence-electron chi connectivity index (χ3n) is 2.38. The number of methoxy groups -OCH3 is 1.